The standard InChI is InChI=1S/C19H14F2N4O2/c1-11(26)12-3-2-4-14(9-12)23-18(27)17-7-8-22-19(25-17)24-16-6-5-13(20)10-15(16)21/h2-10H,1H3,(H,23,27)(H,22,24,25). The molecule has 0 fully saturated rings. The van der Waals surface area contributed by atoms with Gasteiger partial charge < -0.3 is 10.6 Å². The molecule has 136 valence electrons. The summed E-state index contributed by atoms with van der Waals surface area (Å²) in [6.07, 6.45) is 1.33. The topological polar surface area (TPSA) is 84.0 Å². The van der Waals surface area contributed by atoms with E-state index in [1.165, 1.54) is 25.3 Å². The van der Waals surface area contributed by atoms with E-state index in [0.717, 1.165) is 12.1 Å². The van der Waals surface area contributed by atoms with Gasteiger partial charge in [0.15, 0.2) is 5.78 Å². The number of benzene rings is 2. The second-order valence-electron chi connectivity index (χ2n) is 5.61. The van der Waals surface area contributed by atoms with E-state index in [-0.39, 0.29) is 23.1 Å². The molecule has 2 N–H and O–H groups in total. The summed E-state index contributed by atoms with van der Waals surface area (Å²) in [7, 11) is 0. The predicted octanol–water partition coefficient (Wildman–Crippen LogP) is 3.95. The van der Waals surface area contributed by atoms with Gasteiger partial charge in [-0.15, -0.1) is 0 Å². The molecule has 0 atom stereocenters. The Morgan fingerprint density at radius 1 is 1.04 bits per heavy atom. The molecule has 0 unspecified atom stereocenters. The number of anilines is 3. The number of amides is 1. The van der Waals surface area contributed by atoms with E-state index in [2.05, 4.69) is 20.6 Å². The monoisotopic (exact) mass is 368 g/mol. The number of hydrogen-bond donors (Lipinski definition) is 2. The van der Waals surface area contributed by atoms with Crippen LogP contribution < -0.4 is 10.6 Å². The van der Waals surface area contributed by atoms with Crippen molar-refractivity contribution in [2.75, 3.05) is 10.6 Å². The van der Waals surface area contributed by atoms with Gasteiger partial charge in [0.2, 0.25) is 5.95 Å². The van der Waals surface area contributed by atoms with Crippen molar-refractivity contribution in [3.8, 4) is 0 Å². The minimum absolute atomic E-state index is 0.0226. The predicted molar refractivity (Wildman–Crippen MR) is 96.1 cm³/mol. The smallest absolute Gasteiger partial charge is 0.274 e. The van der Waals surface area contributed by atoms with Gasteiger partial charge in [0.25, 0.3) is 5.91 Å². The van der Waals surface area contributed by atoms with Gasteiger partial charge in [-0.1, -0.05) is 12.1 Å². The molecular formula is C19H14F2N4O2. The summed E-state index contributed by atoms with van der Waals surface area (Å²) >= 11 is 0. The molecule has 1 aromatic heterocycles. The first-order chi connectivity index (χ1) is 12.9. The van der Waals surface area contributed by atoms with Gasteiger partial charge in [0.1, 0.15) is 17.3 Å². The maximum atomic E-state index is 13.7. The van der Waals surface area contributed by atoms with Gasteiger partial charge in [0.05, 0.1) is 5.69 Å². The first-order valence-electron chi connectivity index (χ1n) is 7.90. The quantitative estimate of drug-likeness (QED) is 0.666. The Bertz CT molecular complexity index is 1020. The number of carbonyl (C=O) groups excluding carboxylic acids is 2. The molecule has 27 heavy (non-hydrogen) atoms. The van der Waals surface area contributed by atoms with Crippen LogP contribution in [0.2, 0.25) is 0 Å². The maximum absolute atomic E-state index is 13.7. The molecule has 0 saturated carbocycles. The molecule has 3 aromatic rings. The molecule has 0 radical (unpaired) electrons. The van der Waals surface area contributed by atoms with Gasteiger partial charge in [-0.05, 0) is 37.3 Å². The van der Waals surface area contributed by atoms with Gasteiger partial charge in [-0.25, -0.2) is 18.7 Å². The Kier molecular flexibility index (Phi) is 5.16. The lowest BCUT2D eigenvalue weighted by Gasteiger charge is -2.08. The minimum atomic E-state index is -0.811. The van der Waals surface area contributed by atoms with Crippen LogP contribution in [0.5, 0.6) is 0 Å². The van der Waals surface area contributed by atoms with Crippen molar-refractivity contribution in [2.45, 2.75) is 6.92 Å². The van der Waals surface area contributed by atoms with Crippen LogP contribution in [0.15, 0.2) is 54.7 Å². The minimum Gasteiger partial charge on any atom is -0.322 e. The van der Waals surface area contributed by atoms with Crippen LogP contribution in [0.4, 0.5) is 26.1 Å². The number of halogens is 2. The number of rotatable bonds is 5. The molecule has 2 aromatic carbocycles. The van der Waals surface area contributed by atoms with Crippen molar-refractivity contribution in [1.29, 1.82) is 0 Å². The van der Waals surface area contributed by atoms with Crippen LogP contribution >= 0.6 is 0 Å². The largest absolute Gasteiger partial charge is 0.322 e. The van der Waals surface area contributed by atoms with Crippen molar-refractivity contribution in [2.24, 2.45) is 0 Å². The Labute approximate surface area is 153 Å². The summed E-state index contributed by atoms with van der Waals surface area (Å²) in [5.41, 5.74) is 0.904. The van der Waals surface area contributed by atoms with Crippen LogP contribution in [-0.2, 0) is 0 Å². The lowest BCUT2D eigenvalue weighted by Crippen LogP contribution is -2.15. The second-order valence-corrected chi connectivity index (χ2v) is 5.61. The number of Topliss-reactive ketones (excluding diaryl/α,β-unsaturated/α-hetero) is 1. The molecule has 0 aliphatic rings. The fourth-order valence-corrected chi connectivity index (χ4v) is 2.27. The van der Waals surface area contributed by atoms with E-state index >= 15 is 0 Å². The summed E-state index contributed by atoms with van der Waals surface area (Å²) < 4.78 is 26.7. The average molecular weight is 368 g/mol. The Morgan fingerprint density at radius 2 is 1.85 bits per heavy atom. The fourth-order valence-electron chi connectivity index (χ4n) is 2.27. The highest BCUT2D eigenvalue weighted by Crippen LogP contribution is 2.19. The van der Waals surface area contributed by atoms with Crippen LogP contribution in [-0.4, -0.2) is 21.7 Å². The van der Waals surface area contributed by atoms with E-state index in [1.807, 2.05) is 0 Å². The third-order valence-corrected chi connectivity index (χ3v) is 3.59. The number of aromatic nitrogens is 2. The van der Waals surface area contributed by atoms with Crippen LogP contribution in [0.1, 0.15) is 27.8 Å². The second kappa shape index (κ2) is 7.69. The van der Waals surface area contributed by atoms with E-state index in [9.17, 15) is 18.4 Å². The van der Waals surface area contributed by atoms with E-state index in [4.69, 9.17) is 0 Å². The van der Waals surface area contributed by atoms with Crippen molar-refractivity contribution in [3.63, 3.8) is 0 Å². The normalized spacial score (nSPS) is 10.3. The van der Waals surface area contributed by atoms with Crippen LogP contribution in [0.3, 0.4) is 0 Å². The summed E-state index contributed by atoms with van der Waals surface area (Å²) in [5, 5.41) is 5.22. The zero-order valence-corrected chi connectivity index (χ0v) is 14.2. The summed E-state index contributed by atoms with van der Waals surface area (Å²) in [4.78, 5) is 31.7. The number of hydrogen-bond acceptors (Lipinski definition) is 5. The zero-order valence-electron chi connectivity index (χ0n) is 14.2. The van der Waals surface area contributed by atoms with E-state index < -0.39 is 17.5 Å². The van der Waals surface area contributed by atoms with Crippen LogP contribution in [0.25, 0.3) is 0 Å². The number of nitrogens with one attached hydrogen (secondary N) is 2. The molecule has 0 aliphatic carbocycles. The van der Waals surface area contributed by atoms with Crippen molar-refractivity contribution in [3.05, 3.63) is 77.6 Å². The summed E-state index contributed by atoms with van der Waals surface area (Å²) in [6.45, 7) is 1.43. The third kappa shape index (κ3) is 4.49. The first kappa shape index (κ1) is 18.1. The summed E-state index contributed by atoms with van der Waals surface area (Å²) in [5.74, 6) is -2.19. The molecule has 0 saturated heterocycles. The Balaban J connectivity index is 1.77. The van der Waals surface area contributed by atoms with E-state index in [1.54, 1.807) is 24.3 Å². The zero-order chi connectivity index (χ0) is 19.4. The Morgan fingerprint density at radius 3 is 2.59 bits per heavy atom. The SMILES string of the molecule is CC(=O)c1cccc(NC(=O)c2ccnc(Nc3ccc(F)cc3F)n2)c1. The van der Waals surface area contributed by atoms with Crippen molar-refractivity contribution in [1.82, 2.24) is 9.97 Å². The third-order valence-electron chi connectivity index (χ3n) is 3.59. The lowest BCUT2D eigenvalue weighted by atomic mass is 10.1. The van der Waals surface area contributed by atoms with Gasteiger partial charge in [0, 0.05) is 23.5 Å². The maximum Gasteiger partial charge on any atom is 0.274 e. The Hall–Kier alpha value is -3.68. The fraction of sp³-hybridized carbons (Fsp3) is 0.0526. The molecule has 0 aliphatic heterocycles. The lowest BCUT2D eigenvalue weighted by molar-refractivity contribution is 0.100. The van der Waals surface area contributed by atoms with E-state index in [0.29, 0.717) is 11.3 Å². The first-order valence-corrected chi connectivity index (χ1v) is 7.90. The molecule has 1 heterocycles. The average Bonchev–Trinajstić information content (AvgIpc) is 2.64. The highest BCUT2D eigenvalue weighted by molar-refractivity contribution is 6.04. The highest BCUT2D eigenvalue weighted by atomic mass is 19.1. The molecule has 0 bridgehead atoms. The number of nitrogens with zero attached hydrogens (tertiary/aromatic N) is 2. The van der Waals surface area contributed by atoms with Gasteiger partial charge >= 0.3 is 0 Å². The molecule has 0 spiro atoms. The van der Waals surface area contributed by atoms with Crippen molar-refractivity contribution >= 4 is 29.0 Å². The highest BCUT2D eigenvalue weighted by Gasteiger charge is 2.12. The molecular weight excluding hydrogens is 354 g/mol. The van der Waals surface area contributed by atoms with Gasteiger partial charge in [-0.2, -0.15) is 0 Å². The molecule has 3 rings (SSSR count). The number of carbonyl (C=O) groups is 2. The molecule has 1 amide bonds. The summed E-state index contributed by atoms with van der Waals surface area (Å²) in [6, 6.07) is 10.9. The molecule has 6 nitrogen and oxygen atoms in total. The molecule has 8 heteroatoms. The van der Waals surface area contributed by atoms with Crippen molar-refractivity contribution < 1.29 is 18.4 Å². The van der Waals surface area contributed by atoms with Gasteiger partial charge in [-0.3, -0.25) is 9.59 Å². The van der Waals surface area contributed by atoms with Crippen LogP contribution in [0, 0.1) is 11.6 Å². The number of ketones is 1.